The summed E-state index contributed by atoms with van der Waals surface area (Å²) < 4.78 is 19.0. The highest BCUT2D eigenvalue weighted by Crippen LogP contribution is 2.37. The van der Waals surface area contributed by atoms with Crippen LogP contribution in [0, 0.1) is 0 Å². The van der Waals surface area contributed by atoms with E-state index in [1.165, 1.54) is 0 Å². The number of rotatable bonds is 11. The average molecular weight is 594 g/mol. The van der Waals surface area contributed by atoms with Gasteiger partial charge in [-0.3, -0.25) is 0 Å². The standard InChI is InChI=1S/C35H29BrO4/c36-31-19-21-33(39-24-28-12-6-2-7-13-28)35(37)30(31)18-16-26-17-20-32(38-23-27-10-4-1-5-11-27)34(22-26)40-25-29-14-8-3-9-15-29/h1-22,37H,23-25H2/b18-16+. The number of phenolic OH excluding ortho intramolecular Hbond substituents is 1. The van der Waals surface area contributed by atoms with Crippen molar-refractivity contribution in [3.05, 3.63) is 154 Å². The van der Waals surface area contributed by atoms with Crippen molar-refractivity contribution in [2.45, 2.75) is 19.8 Å². The number of hydrogen-bond donors (Lipinski definition) is 1. The molecule has 5 aromatic rings. The predicted octanol–water partition coefficient (Wildman–Crippen LogP) is 9.06. The number of aromatic hydroxyl groups is 1. The molecule has 200 valence electrons. The van der Waals surface area contributed by atoms with E-state index < -0.39 is 0 Å². The smallest absolute Gasteiger partial charge is 0.166 e. The molecule has 0 aliphatic heterocycles. The van der Waals surface area contributed by atoms with Crippen molar-refractivity contribution in [2.75, 3.05) is 0 Å². The van der Waals surface area contributed by atoms with Gasteiger partial charge in [0.2, 0.25) is 0 Å². The van der Waals surface area contributed by atoms with Crippen molar-refractivity contribution >= 4 is 28.1 Å². The Balaban J connectivity index is 1.35. The van der Waals surface area contributed by atoms with Crippen LogP contribution in [0.25, 0.3) is 12.2 Å². The van der Waals surface area contributed by atoms with E-state index in [9.17, 15) is 5.11 Å². The molecule has 5 aromatic carbocycles. The molecule has 5 rings (SSSR count). The summed E-state index contributed by atoms with van der Waals surface area (Å²) in [6, 6.07) is 39.4. The summed E-state index contributed by atoms with van der Waals surface area (Å²) in [6.07, 6.45) is 3.78. The van der Waals surface area contributed by atoms with Crippen molar-refractivity contribution in [1.82, 2.24) is 0 Å². The maximum absolute atomic E-state index is 11.0. The van der Waals surface area contributed by atoms with E-state index in [0.717, 1.165) is 26.7 Å². The third-order valence-corrected chi connectivity index (χ3v) is 6.94. The van der Waals surface area contributed by atoms with Crippen molar-refractivity contribution < 1.29 is 19.3 Å². The molecule has 0 bridgehead atoms. The van der Waals surface area contributed by atoms with Crippen molar-refractivity contribution in [3.63, 3.8) is 0 Å². The largest absolute Gasteiger partial charge is 0.504 e. The van der Waals surface area contributed by atoms with E-state index in [1.54, 1.807) is 6.07 Å². The van der Waals surface area contributed by atoms with Crippen molar-refractivity contribution in [2.24, 2.45) is 0 Å². The van der Waals surface area contributed by atoms with E-state index in [0.29, 0.717) is 42.6 Å². The summed E-state index contributed by atoms with van der Waals surface area (Å²) in [7, 11) is 0. The molecule has 0 aromatic heterocycles. The first kappa shape index (κ1) is 27.1. The zero-order valence-electron chi connectivity index (χ0n) is 21.9. The second kappa shape index (κ2) is 13.5. The normalized spacial score (nSPS) is 10.9. The van der Waals surface area contributed by atoms with Gasteiger partial charge in [-0.25, -0.2) is 0 Å². The lowest BCUT2D eigenvalue weighted by molar-refractivity contribution is 0.256. The van der Waals surface area contributed by atoms with E-state index in [-0.39, 0.29) is 5.75 Å². The third kappa shape index (κ3) is 7.33. The van der Waals surface area contributed by atoms with Gasteiger partial charge < -0.3 is 19.3 Å². The summed E-state index contributed by atoms with van der Waals surface area (Å²) in [6.45, 7) is 1.23. The Morgan fingerprint density at radius 2 is 1.00 bits per heavy atom. The maximum Gasteiger partial charge on any atom is 0.166 e. The zero-order chi connectivity index (χ0) is 27.6. The van der Waals surface area contributed by atoms with Gasteiger partial charge in [0, 0.05) is 10.0 Å². The second-order valence-electron chi connectivity index (χ2n) is 9.17. The molecule has 40 heavy (non-hydrogen) atoms. The van der Waals surface area contributed by atoms with Gasteiger partial charge in [0.05, 0.1) is 0 Å². The van der Waals surface area contributed by atoms with Gasteiger partial charge in [-0.05, 0) is 52.6 Å². The molecule has 1 N–H and O–H groups in total. The molecule has 0 radical (unpaired) electrons. The van der Waals surface area contributed by atoms with E-state index in [4.69, 9.17) is 14.2 Å². The first-order chi connectivity index (χ1) is 19.7. The topological polar surface area (TPSA) is 47.9 Å². The van der Waals surface area contributed by atoms with Crippen LogP contribution >= 0.6 is 15.9 Å². The Labute approximate surface area is 243 Å². The Bertz CT molecular complexity index is 1550. The minimum Gasteiger partial charge on any atom is -0.504 e. The van der Waals surface area contributed by atoms with Crippen molar-refractivity contribution in [3.8, 4) is 23.0 Å². The van der Waals surface area contributed by atoms with Gasteiger partial charge in [-0.1, -0.05) is 119 Å². The monoisotopic (exact) mass is 592 g/mol. The van der Waals surface area contributed by atoms with Crippen LogP contribution < -0.4 is 14.2 Å². The van der Waals surface area contributed by atoms with Gasteiger partial charge in [0.15, 0.2) is 23.0 Å². The van der Waals surface area contributed by atoms with E-state index in [1.807, 2.05) is 127 Å². The molecule has 4 nitrogen and oxygen atoms in total. The quantitative estimate of drug-likeness (QED) is 0.155. The van der Waals surface area contributed by atoms with Crippen LogP contribution in [0.15, 0.2) is 126 Å². The van der Waals surface area contributed by atoms with Gasteiger partial charge in [0.25, 0.3) is 0 Å². The number of phenols is 1. The van der Waals surface area contributed by atoms with E-state index in [2.05, 4.69) is 15.9 Å². The molecule has 0 aliphatic carbocycles. The molecule has 0 spiro atoms. The second-order valence-corrected chi connectivity index (χ2v) is 10.0. The fourth-order valence-corrected chi connectivity index (χ4v) is 4.54. The van der Waals surface area contributed by atoms with Crippen LogP contribution in [0.1, 0.15) is 27.8 Å². The van der Waals surface area contributed by atoms with Crippen LogP contribution in [0.4, 0.5) is 0 Å². The molecule has 0 heterocycles. The minimum atomic E-state index is 0.0740. The highest BCUT2D eigenvalue weighted by atomic mass is 79.9. The molecule has 0 aliphatic rings. The van der Waals surface area contributed by atoms with Gasteiger partial charge in [-0.2, -0.15) is 0 Å². The summed E-state index contributed by atoms with van der Waals surface area (Å²) >= 11 is 3.56. The lowest BCUT2D eigenvalue weighted by Crippen LogP contribution is -2.01. The average Bonchev–Trinajstić information content (AvgIpc) is 3.00. The van der Waals surface area contributed by atoms with Crippen LogP contribution in [-0.2, 0) is 19.8 Å². The maximum atomic E-state index is 11.0. The van der Waals surface area contributed by atoms with Crippen LogP contribution in [0.2, 0.25) is 0 Å². The number of halogens is 1. The molecule has 5 heteroatoms. The Kier molecular flexibility index (Phi) is 9.17. The Morgan fingerprint density at radius 3 is 1.55 bits per heavy atom. The molecule has 0 saturated heterocycles. The minimum absolute atomic E-state index is 0.0740. The summed E-state index contributed by atoms with van der Waals surface area (Å²) in [5.41, 5.74) is 4.70. The van der Waals surface area contributed by atoms with Crippen LogP contribution in [0.3, 0.4) is 0 Å². The Morgan fingerprint density at radius 1 is 0.525 bits per heavy atom. The summed E-state index contributed by atoms with van der Waals surface area (Å²) in [5.74, 6) is 1.80. The molecule has 0 unspecified atom stereocenters. The van der Waals surface area contributed by atoms with Crippen LogP contribution in [0.5, 0.6) is 23.0 Å². The predicted molar refractivity (Wildman–Crippen MR) is 163 cm³/mol. The SMILES string of the molecule is Oc1c(OCc2ccccc2)ccc(Br)c1/C=C/c1ccc(OCc2ccccc2)c(OCc2ccccc2)c1. The summed E-state index contributed by atoms with van der Waals surface area (Å²) in [5, 5.41) is 11.0. The Hall–Kier alpha value is -4.48. The fraction of sp³-hybridized carbons (Fsp3) is 0.0857. The molecular weight excluding hydrogens is 564 g/mol. The third-order valence-electron chi connectivity index (χ3n) is 6.25. The summed E-state index contributed by atoms with van der Waals surface area (Å²) in [4.78, 5) is 0. The number of ether oxygens (including phenoxy) is 3. The lowest BCUT2D eigenvalue weighted by Gasteiger charge is -2.14. The zero-order valence-corrected chi connectivity index (χ0v) is 23.5. The van der Waals surface area contributed by atoms with Gasteiger partial charge in [-0.15, -0.1) is 0 Å². The number of hydrogen-bond acceptors (Lipinski definition) is 4. The highest BCUT2D eigenvalue weighted by Gasteiger charge is 2.12. The molecule has 0 amide bonds. The number of benzene rings is 5. The van der Waals surface area contributed by atoms with E-state index >= 15 is 0 Å². The molecule has 0 atom stereocenters. The molecular formula is C35H29BrO4. The first-order valence-corrected chi connectivity index (χ1v) is 13.8. The van der Waals surface area contributed by atoms with Gasteiger partial charge in [0.1, 0.15) is 19.8 Å². The lowest BCUT2D eigenvalue weighted by atomic mass is 10.1. The molecule has 0 fully saturated rings. The fourth-order valence-electron chi connectivity index (χ4n) is 4.08. The van der Waals surface area contributed by atoms with Gasteiger partial charge >= 0.3 is 0 Å². The van der Waals surface area contributed by atoms with Crippen molar-refractivity contribution in [1.29, 1.82) is 0 Å². The first-order valence-electron chi connectivity index (χ1n) is 13.0. The molecule has 0 saturated carbocycles. The highest BCUT2D eigenvalue weighted by molar-refractivity contribution is 9.10. The van der Waals surface area contributed by atoms with Crippen LogP contribution in [-0.4, -0.2) is 5.11 Å².